The van der Waals surface area contributed by atoms with Gasteiger partial charge in [0.15, 0.2) is 0 Å². The summed E-state index contributed by atoms with van der Waals surface area (Å²) < 4.78 is 26.9. The van der Waals surface area contributed by atoms with Crippen LogP contribution < -0.4 is 0 Å². The number of benzene rings is 3. The SMILES string of the molecule is C1CCCCC1.CC(C)=O.Fc1ccc(C(c2ccc(F)cc2)N2CCN(C/C=C/c3ccccc3)CC2)cc1. The van der Waals surface area contributed by atoms with Gasteiger partial charge in [-0.05, 0) is 54.8 Å². The van der Waals surface area contributed by atoms with E-state index in [1.165, 1.54) is 82.2 Å². The molecule has 5 heteroatoms. The number of Topliss-reactive ketones (excluding diaryl/α,β-unsaturated/α-hetero) is 1. The Morgan fingerprint density at radius 2 is 1.12 bits per heavy atom. The Kier molecular flexibility index (Phi) is 13.7. The van der Waals surface area contributed by atoms with E-state index in [1.807, 2.05) is 42.5 Å². The molecule has 0 N–H and O–H groups in total. The second-order valence-electron chi connectivity index (χ2n) is 10.7. The summed E-state index contributed by atoms with van der Waals surface area (Å²) in [5.41, 5.74) is 3.27. The Morgan fingerprint density at radius 3 is 1.55 bits per heavy atom. The zero-order valence-corrected chi connectivity index (χ0v) is 24.1. The third-order valence-corrected chi connectivity index (χ3v) is 7.12. The van der Waals surface area contributed by atoms with Crippen LogP contribution in [0.4, 0.5) is 8.78 Å². The van der Waals surface area contributed by atoms with Crippen LogP contribution in [0.1, 0.15) is 75.1 Å². The highest BCUT2D eigenvalue weighted by atomic mass is 19.1. The van der Waals surface area contributed by atoms with Crippen molar-refractivity contribution in [2.45, 2.75) is 58.4 Å². The van der Waals surface area contributed by atoms with Crippen LogP contribution in [0.2, 0.25) is 0 Å². The Hall–Kier alpha value is -3.15. The normalized spacial score (nSPS) is 16.1. The van der Waals surface area contributed by atoms with Crippen molar-refractivity contribution >= 4 is 11.9 Å². The van der Waals surface area contributed by atoms with Gasteiger partial charge in [0.2, 0.25) is 0 Å². The number of hydrogen-bond acceptors (Lipinski definition) is 3. The molecule has 3 aromatic carbocycles. The van der Waals surface area contributed by atoms with Gasteiger partial charge in [-0.3, -0.25) is 9.80 Å². The van der Waals surface area contributed by atoms with Crippen LogP contribution in [0.25, 0.3) is 6.08 Å². The Balaban J connectivity index is 0.000000374. The summed E-state index contributed by atoms with van der Waals surface area (Å²) in [6.45, 7) is 7.69. The van der Waals surface area contributed by atoms with E-state index >= 15 is 0 Å². The van der Waals surface area contributed by atoms with Crippen LogP contribution in [-0.2, 0) is 4.79 Å². The molecule has 0 unspecified atom stereocenters. The van der Waals surface area contributed by atoms with E-state index in [2.05, 4.69) is 34.1 Å². The maximum atomic E-state index is 13.5. The molecule has 5 rings (SSSR count). The largest absolute Gasteiger partial charge is 0.300 e. The fourth-order valence-electron chi connectivity index (χ4n) is 5.07. The number of halogens is 2. The second kappa shape index (κ2) is 17.5. The molecule has 0 aromatic heterocycles. The van der Waals surface area contributed by atoms with E-state index in [4.69, 9.17) is 0 Å². The molecule has 0 radical (unpaired) electrons. The van der Waals surface area contributed by atoms with Gasteiger partial charge in [-0.2, -0.15) is 0 Å². The molecule has 40 heavy (non-hydrogen) atoms. The molecule has 1 saturated carbocycles. The molecular formula is C35H44F2N2O. The molecule has 1 heterocycles. The first-order chi connectivity index (χ1) is 19.4. The first-order valence-corrected chi connectivity index (χ1v) is 14.6. The van der Waals surface area contributed by atoms with Gasteiger partial charge >= 0.3 is 0 Å². The van der Waals surface area contributed by atoms with E-state index in [0.717, 1.165) is 43.9 Å². The van der Waals surface area contributed by atoms with E-state index in [1.54, 1.807) is 0 Å². The minimum Gasteiger partial charge on any atom is -0.300 e. The number of rotatable bonds is 6. The third-order valence-electron chi connectivity index (χ3n) is 7.12. The first-order valence-electron chi connectivity index (χ1n) is 14.6. The van der Waals surface area contributed by atoms with E-state index < -0.39 is 0 Å². The molecule has 0 bridgehead atoms. The van der Waals surface area contributed by atoms with E-state index in [0.29, 0.717) is 0 Å². The highest BCUT2D eigenvalue weighted by molar-refractivity contribution is 5.72. The Morgan fingerprint density at radius 1 is 0.700 bits per heavy atom. The van der Waals surface area contributed by atoms with Crippen LogP contribution >= 0.6 is 0 Å². The molecule has 1 saturated heterocycles. The van der Waals surface area contributed by atoms with Gasteiger partial charge in [0, 0.05) is 32.7 Å². The van der Waals surface area contributed by atoms with Gasteiger partial charge in [-0.15, -0.1) is 0 Å². The van der Waals surface area contributed by atoms with Gasteiger partial charge < -0.3 is 4.79 Å². The Bertz CT molecular complexity index is 1070. The predicted molar refractivity (Wildman–Crippen MR) is 162 cm³/mol. The van der Waals surface area contributed by atoms with Gasteiger partial charge in [0.05, 0.1) is 6.04 Å². The monoisotopic (exact) mass is 546 g/mol. The van der Waals surface area contributed by atoms with Crippen molar-refractivity contribution in [2.75, 3.05) is 32.7 Å². The van der Waals surface area contributed by atoms with Crippen molar-refractivity contribution in [1.82, 2.24) is 9.80 Å². The fourth-order valence-corrected chi connectivity index (χ4v) is 5.07. The highest BCUT2D eigenvalue weighted by Gasteiger charge is 2.26. The molecule has 214 valence electrons. The fraction of sp³-hybridized carbons (Fsp3) is 0.400. The second-order valence-corrected chi connectivity index (χ2v) is 10.7. The number of hydrogen-bond donors (Lipinski definition) is 0. The lowest BCUT2D eigenvalue weighted by molar-refractivity contribution is -0.114. The standard InChI is InChI=1S/C26H26F2N2.C6H12.C3H6O/c27-24-12-8-22(9-13-24)26(23-10-14-25(28)15-11-23)30-19-17-29(18-20-30)16-4-7-21-5-2-1-3-6-21;1-2-4-6-5-3-1;1-3(2)4/h1-15,26H,16-20H2;1-6H2;1-2H3/b7-4+;;. The molecule has 0 amide bonds. The van der Waals surface area contributed by atoms with Crippen LogP contribution in [0.3, 0.4) is 0 Å². The summed E-state index contributed by atoms with van der Waals surface area (Å²) in [7, 11) is 0. The quantitative estimate of drug-likeness (QED) is 0.311. The van der Waals surface area contributed by atoms with Gasteiger partial charge in [0.25, 0.3) is 0 Å². The molecule has 2 aliphatic rings. The van der Waals surface area contributed by atoms with Gasteiger partial charge in [-0.25, -0.2) is 8.78 Å². The zero-order chi connectivity index (χ0) is 28.6. The van der Waals surface area contributed by atoms with Crippen molar-refractivity contribution in [3.63, 3.8) is 0 Å². The van der Waals surface area contributed by atoms with Gasteiger partial charge in [-0.1, -0.05) is 105 Å². The summed E-state index contributed by atoms with van der Waals surface area (Å²) in [6.07, 6.45) is 13.4. The molecule has 2 fully saturated rings. The highest BCUT2D eigenvalue weighted by Crippen LogP contribution is 2.30. The zero-order valence-electron chi connectivity index (χ0n) is 24.1. The maximum Gasteiger partial charge on any atom is 0.126 e. The minimum atomic E-state index is -0.244. The molecule has 1 aliphatic heterocycles. The van der Waals surface area contributed by atoms with E-state index in [-0.39, 0.29) is 23.5 Å². The van der Waals surface area contributed by atoms with Crippen LogP contribution in [-0.4, -0.2) is 48.3 Å². The lowest BCUT2D eigenvalue weighted by Crippen LogP contribution is -2.47. The Labute approximate surface area is 239 Å². The minimum absolute atomic E-state index is 0.00629. The maximum absolute atomic E-state index is 13.5. The molecule has 3 nitrogen and oxygen atoms in total. The number of carbonyl (C=O) groups excluding carboxylic acids is 1. The third kappa shape index (κ3) is 11.5. The predicted octanol–water partition coefficient (Wildman–Crippen LogP) is 8.32. The van der Waals surface area contributed by atoms with Crippen molar-refractivity contribution in [3.8, 4) is 0 Å². The molecule has 0 atom stereocenters. The molecule has 1 aliphatic carbocycles. The topological polar surface area (TPSA) is 23.6 Å². The van der Waals surface area contributed by atoms with E-state index in [9.17, 15) is 13.6 Å². The molecular weight excluding hydrogens is 502 g/mol. The van der Waals surface area contributed by atoms with Crippen molar-refractivity contribution in [1.29, 1.82) is 0 Å². The number of piperazine rings is 1. The van der Waals surface area contributed by atoms with Crippen LogP contribution in [0.15, 0.2) is 84.9 Å². The molecule has 3 aromatic rings. The van der Waals surface area contributed by atoms with Crippen molar-refractivity contribution < 1.29 is 13.6 Å². The summed E-state index contributed by atoms with van der Waals surface area (Å²) in [5, 5.41) is 0. The lowest BCUT2D eigenvalue weighted by atomic mass is 9.96. The van der Waals surface area contributed by atoms with Crippen LogP contribution in [0.5, 0.6) is 0 Å². The first kappa shape index (κ1) is 31.4. The molecule has 0 spiro atoms. The lowest BCUT2D eigenvalue weighted by Gasteiger charge is -2.39. The summed E-state index contributed by atoms with van der Waals surface area (Å²) in [6, 6.07) is 23.6. The average Bonchev–Trinajstić information content (AvgIpc) is 2.98. The number of nitrogens with zero attached hydrogens (tertiary/aromatic N) is 2. The van der Waals surface area contributed by atoms with Crippen molar-refractivity contribution in [2.24, 2.45) is 0 Å². The van der Waals surface area contributed by atoms with Crippen molar-refractivity contribution in [3.05, 3.63) is 113 Å². The smallest absolute Gasteiger partial charge is 0.126 e. The number of carbonyl (C=O) groups is 1. The van der Waals surface area contributed by atoms with Crippen LogP contribution in [0, 0.1) is 11.6 Å². The summed E-state index contributed by atoms with van der Waals surface area (Å²) in [4.78, 5) is 14.3. The average molecular weight is 547 g/mol. The number of ketones is 1. The summed E-state index contributed by atoms with van der Waals surface area (Å²) >= 11 is 0. The van der Waals surface area contributed by atoms with Gasteiger partial charge in [0.1, 0.15) is 17.4 Å². The summed E-state index contributed by atoms with van der Waals surface area (Å²) in [5.74, 6) is -0.321.